The largest absolute Gasteiger partial charge is 0.497 e. The molecule has 1 aliphatic heterocycles. The maximum Gasteiger partial charge on any atom is 0.330 e. The van der Waals surface area contributed by atoms with Crippen molar-refractivity contribution in [2.45, 2.75) is 82.8 Å². The molecule has 1 aliphatic rings. The van der Waals surface area contributed by atoms with E-state index in [0.717, 1.165) is 16.7 Å². The lowest BCUT2D eigenvalue weighted by atomic mass is 9.80. The summed E-state index contributed by atoms with van der Waals surface area (Å²) in [5.41, 5.74) is -0.220. The summed E-state index contributed by atoms with van der Waals surface area (Å²) in [5, 5.41) is 18.3. The number of rotatable bonds is 24. The smallest absolute Gasteiger partial charge is 0.330 e. The van der Waals surface area contributed by atoms with Crippen molar-refractivity contribution in [1.29, 1.82) is 10.5 Å². The lowest BCUT2D eigenvalue weighted by Gasteiger charge is -2.39. The fraction of sp³-hybridized carbons (Fsp3) is 0.455. The first-order valence-corrected chi connectivity index (χ1v) is 21.0. The monoisotopic (exact) mass is 859 g/mol. The zero-order valence-corrected chi connectivity index (χ0v) is 36.2. The standard InChI is InChI=1S/C44H54N5O11P/c1-31(2)49(32(3)4)61(58-27-11-24-46)60-40-38(59-42(48-25-22-39(50)47-43(48)51)41(40)56-30-55-29-54-26-10-23-45)28-57-44(33-12-8-7-9-13-33,34-14-18-36(52-5)19-15-34)35-16-20-37(53-6)21-17-35/h7-9,12-22,25,31-32,38,40-42H,10-11,26-30H2,1-6H3,(H,47,50,51)/t38-,40-,41-,42-,61?/m1/s1. The van der Waals surface area contributed by atoms with E-state index in [4.69, 9.17) is 47.5 Å². The molecule has 1 N–H and O–H groups in total. The first-order chi connectivity index (χ1) is 29.6. The second-order valence-electron chi connectivity index (χ2n) is 14.4. The van der Waals surface area contributed by atoms with E-state index < -0.39 is 49.9 Å². The van der Waals surface area contributed by atoms with Crippen LogP contribution in [0.2, 0.25) is 0 Å². The van der Waals surface area contributed by atoms with E-state index >= 15 is 0 Å². The average Bonchev–Trinajstić information content (AvgIpc) is 3.59. The van der Waals surface area contributed by atoms with E-state index in [1.54, 1.807) is 14.2 Å². The van der Waals surface area contributed by atoms with Crippen molar-refractivity contribution < 1.29 is 42.2 Å². The summed E-state index contributed by atoms with van der Waals surface area (Å²) in [5.74, 6) is 1.31. The number of hydrogen-bond donors (Lipinski definition) is 1. The van der Waals surface area contributed by atoms with E-state index in [9.17, 15) is 14.9 Å². The quantitative estimate of drug-likeness (QED) is 0.0354. The molecule has 0 radical (unpaired) electrons. The Morgan fingerprint density at radius 1 is 0.787 bits per heavy atom. The van der Waals surface area contributed by atoms with Gasteiger partial charge in [0.2, 0.25) is 0 Å². The summed E-state index contributed by atoms with van der Waals surface area (Å²) in [6, 6.07) is 30.2. The number of methoxy groups -OCH3 is 2. The summed E-state index contributed by atoms with van der Waals surface area (Å²) in [7, 11) is 1.31. The first-order valence-electron chi connectivity index (χ1n) is 19.9. The highest BCUT2D eigenvalue weighted by molar-refractivity contribution is 7.44. The topological polar surface area (TPSA) is 189 Å². The van der Waals surface area contributed by atoms with Crippen LogP contribution in [0.25, 0.3) is 0 Å². The number of nitriles is 2. The Bertz CT molecular complexity index is 2080. The Labute approximate surface area is 357 Å². The molecule has 16 nitrogen and oxygen atoms in total. The molecule has 17 heteroatoms. The molecule has 2 heterocycles. The number of aromatic amines is 1. The van der Waals surface area contributed by atoms with Crippen LogP contribution in [0.5, 0.6) is 11.5 Å². The normalized spacial score (nSPS) is 18.3. The second kappa shape index (κ2) is 23.3. The number of hydrogen-bond acceptors (Lipinski definition) is 14. The summed E-state index contributed by atoms with van der Waals surface area (Å²) < 4.78 is 59.3. The number of benzene rings is 3. The Balaban J connectivity index is 1.65. The Morgan fingerprint density at radius 3 is 1.93 bits per heavy atom. The van der Waals surface area contributed by atoms with Crippen LogP contribution in [0.15, 0.2) is 101 Å². The molecule has 5 atom stereocenters. The van der Waals surface area contributed by atoms with Gasteiger partial charge in [0, 0.05) is 24.3 Å². The Hall–Kier alpha value is -4.97. The van der Waals surface area contributed by atoms with E-state index in [0.29, 0.717) is 11.5 Å². The number of ether oxygens (including phenoxy) is 7. The molecular weight excluding hydrogens is 805 g/mol. The molecule has 1 saturated heterocycles. The van der Waals surface area contributed by atoms with Crippen molar-refractivity contribution in [3.8, 4) is 23.6 Å². The van der Waals surface area contributed by atoms with Crippen molar-refractivity contribution in [2.24, 2.45) is 0 Å². The molecule has 61 heavy (non-hydrogen) atoms. The van der Waals surface area contributed by atoms with Crippen LogP contribution in [0, 0.1) is 22.7 Å². The molecule has 0 aliphatic carbocycles. The van der Waals surface area contributed by atoms with Gasteiger partial charge in [0.25, 0.3) is 14.1 Å². The van der Waals surface area contributed by atoms with Gasteiger partial charge >= 0.3 is 5.69 Å². The molecule has 4 aromatic rings. The van der Waals surface area contributed by atoms with Gasteiger partial charge in [-0.25, -0.2) is 9.46 Å². The van der Waals surface area contributed by atoms with E-state index in [2.05, 4.69) is 15.7 Å². The third kappa shape index (κ3) is 11.9. The highest BCUT2D eigenvalue weighted by Gasteiger charge is 2.51. The van der Waals surface area contributed by atoms with Gasteiger partial charge in [-0.05, 0) is 68.7 Å². The third-order valence-corrected chi connectivity index (χ3v) is 11.9. The predicted molar refractivity (Wildman–Crippen MR) is 225 cm³/mol. The number of nitrogens with one attached hydrogen (secondary N) is 1. The molecule has 3 aromatic carbocycles. The molecule has 1 aromatic heterocycles. The Morgan fingerprint density at radius 2 is 1.38 bits per heavy atom. The zero-order chi connectivity index (χ0) is 43.8. The summed E-state index contributed by atoms with van der Waals surface area (Å²) in [6.07, 6.45) is -2.54. The number of H-pyrrole nitrogens is 1. The molecule has 0 spiro atoms. The van der Waals surface area contributed by atoms with Crippen LogP contribution in [-0.4, -0.2) is 92.2 Å². The highest BCUT2D eigenvalue weighted by Crippen LogP contribution is 2.51. The summed E-state index contributed by atoms with van der Waals surface area (Å²) in [4.78, 5) is 28.0. The van der Waals surface area contributed by atoms with Gasteiger partial charge in [0.05, 0.1) is 59.0 Å². The molecule has 0 amide bonds. The maximum atomic E-state index is 13.5. The zero-order valence-electron chi connectivity index (χ0n) is 35.3. The van der Waals surface area contributed by atoms with Gasteiger partial charge in [-0.3, -0.25) is 14.3 Å². The van der Waals surface area contributed by atoms with Crippen molar-refractivity contribution in [2.75, 3.05) is 47.6 Å². The molecule has 326 valence electrons. The van der Waals surface area contributed by atoms with Gasteiger partial charge in [0.15, 0.2) is 6.23 Å². The minimum atomic E-state index is -1.89. The molecular formula is C44H54N5O11P. The molecule has 1 fully saturated rings. The van der Waals surface area contributed by atoms with Gasteiger partial charge in [0.1, 0.15) is 49.0 Å². The van der Waals surface area contributed by atoms with Gasteiger partial charge in [-0.15, -0.1) is 0 Å². The van der Waals surface area contributed by atoms with Crippen LogP contribution < -0.4 is 20.7 Å². The Kier molecular flexibility index (Phi) is 18.0. The van der Waals surface area contributed by atoms with Gasteiger partial charge in [-0.1, -0.05) is 54.6 Å². The first kappa shape index (κ1) is 47.1. The predicted octanol–water partition coefficient (Wildman–Crippen LogP) is 6.37. The van der Waals surface area contributed by atoms with Crippen molar-refractivity contribution in [3.05, 3.63) is 129 Å². The van der Waals surface area contributed by atoms with Gasteiger partial charge in [-0.2, -0.15) is 10.5 Å². The molecule has 5 rings (SSSR count). The third-order valence-electron chi connectivity index (χ3n) is 9.79. The number of aromatic nitrogens is 2. The van der Waals surface area contributed by atoms with Crippen LogP contribution >= 0.6 is 8.53 Å². The van der Waals surface area contributed by atoms with Gasteiger partial charge < -0.3 is 42.2 Å². The maximum absolute atomic E-state index is 13.5. The summed E-state index contributed by atoms with van der Waals surface area (Å²) in [6.45, 7) is 7.72. The fourth-order valence-corrected chi connectivity index (χ4v) is 8.84. The highest BCUT2D eigenvalue weighted by atomic mass is 31.2. The molecule has 0 bridgehead atoms. The fourth-order valence-electron chi connectivity index (χ4n) is 7.07. The van der Waals surface area contributed by atoms with Crippen LogP contribution in [0.3, 0.4) is 0 Å². The van der Waals surface area contributed by atoms with Crippen molar-refractivity contribution in [3.63, 3.8) is 0 Å². The minimum Gasteiger partial charge on any atom is -0.497 e. The van der Waals surface area contributed by atoms with E-state index in [1.165, 1.54) is 16.8 Å². The molecule has 0 saturated carbocycles. The SMILES string of the molecule is COc1ccc(C(OC[C@H]2O[C@@H](n3ccc(=O)[nH]c3=O)[C@H](OCOCOCCC#N)[C@@H]2OP(OCCC#N)N(C(C)C)C(C)C)(c2ccccc2)c2ccc(OC)cc2)cc1. The van der Waals surface area contributed by atoms with Crippen molar-refractivity contribution >= 4 is 8.53 Å². The van der Waals surface area contributed by atoms with E-state index in [1.807, 2.05) is 113 Å². The lowest BCUT2D eigenvalue weighted by Crippen LogP contribution is -2.43. The summed E-state index contributed by atoms with van der Waals surface area (Å²) >= 11 is 0. The van der Waals surface area contributed by atoms with Crippen LogP contribution in [-0.2, 0) is 38.3 Å². The van der Waals surface area contributed by atoms with E-state index in [-0.39, 0.29) is 58.3 Å². The number of nitrogens with zero attached hydrogens (tertiary/aromatic N) is 4. The van der Waals surface area contributed by atoms with Crippen LogP contribution in [0.4, 0.5) is 0 Å². The average molecular weight is 860 g/mol. The second-order valence-corrected chi connectivity index (χ2v) is 15.8. The van der Waals surface area contributed by atoms with Crippen LogP contribution in [0.1, 0.15) is 63.5 Å². The minimum absolute atomic E-state index is 0.0491. The molecule has 1 unspecified atom stereocenters. The lowest BCUT2D eigenvalue weighted by molar-refractivity contribution is -0.174. The van der Waals surface area contributed by atoms with Crippen molar-refractivity contribution in [1.82, 2.24) is 14.2 Å².